The molecule has 3 aliphatic carbocycles. The first-order valence-electron chi connectivity index (χ1n) is 14.2. The Hall–Kier alpha value is -4.06. The van der Waals surface area contributed by atoms with E-state index in [2.05, 4.69) is 31.1 Å². The number of ketones is 2. The number of carbonyl (C=O) groups is 3. The molecule has 1 heterocycles. The fourth-order valence-electron chi connectivity index (χ4n) is 6.82. The highest BCUT2D eigenvalue weighted by molar-refractivity contribution is 6.24. The fraction of sp³-hybridized carbons (Fsp3) is 0.438. The van der Waals surface area contributed by atoms with Crippen LogP contribution in [0.5, 0.6) is 5.75 Å². The van der Waals surface area contributed by atoms with Gasteiger partial charge in [0.1, 0.15) is 22.8 Å². The zero-order valence-corrected chi connectivity index (χ0v) is 24.9. The van der Waals surface area contributed by atoms with Crippen LogP contribution < -0.4 is 11.1 Å². The molecule has 0 saturated heterocycles. The predicted molar refractivity (Wildman–Crippen MR) is 159 cm³/mol. The number of primary amides is 1. The number of fused-ring (bicyclic) bond motifs is 3. The van der Waals surface area contributed by atoms with E-state index in [9.17, 15) is 34.8 Å². The van der Waals surface area contributed by atoms with Gasteiger partial charge < -0.3 is 31.5 Å². The second-order valence-electron chi connectivity index (χ2n) is 13.1. The first-order valence-corrected chi connectivity index (χ1v) is 14.2. The highest BCUT2D eigenvalue weighted by Crippen LogP contribution is 2.54. The van der Waals surface area contributed by atoms with Crippen molar-refractivity contribution >= 4 is 23.2 Å². The summed E-state index contributed by atoms with van der Waals surface area (Å²) < 4.78 is 0. The molecule has 2 aromatic rings. The first-order chi connectivity index (χ1) is 20.1. The van der Waals surface area contributed by atoms with Crippen LogP contribution in [0.25, 0.3) is 17.0 Å². The second-order valence-corrected chi connectivity index (χ2v) is 13.1. The van der Waals surface area contributed by atoms with Crippen molar-refractivity contribution in [3.05, 3.63) is 64.1 Å². The SMILES string of the molecule is CN(C)[C@H]1C(=O)C(C(N)=O)=C(O)C2(O)C(=O)C3=C(O)c4c(O)c(CNCC(C)(C)C)cc(-c5ccccn5)c4C[C@H]3C[C@@H]12. The molecule has 11 nitrogen and oxygen atoms in total. The Morgan fingerprint density at radius 2 is 1.88 bits per heavy atom. The summed E-state index contributed by atoms with van der Waals surface area (Å²) >= 11 is 0. The van der Waals surface area contributed by atoms with E-state index in [-0.39, 0.29) is 41.7 Å². The van der Waals surface area contributed by atoms with Gasteiger partial charge in [-0.15, -0.1) is 0 Å². The Labute approximate surface area is 249 Å². The largest absolute Gasteiger partial charge is 0.508 e. The molecule has 1 aromatic carbocycles. The highest BCUT2D eigenvalue weighted by atomic mass is 16.3. The molecule has 3 aliphatic rings. The maximum absolute atomic E-state index is 14.2. The van der Waals surface area contributed by atoms with Gasteiger partial charge in [0.2, 0.25) is 5.78 Å². The van der Waals surface area contributed by atoms with Crippen LogP contribution in [0.15, 0.2) is 47.4 Å². The molecule has 1 unspecified atom stereocenters. The van der Waals surface area contributed by atoms with E-state index in [4.69, 9.17) is 5.73 Å². The molecule has 1 aromatic heterocycles. The third-order valence-electron chi connectivity index (χ3n) is 8.71. The second kappa shape index (κ2) is 10.6. The Kier molecular flexibility index (Phi) is 7.48. The normalized spacial score (nSPS) is 25.5. The highest BCUT2D eigenvalue weighted by Gasteiger charge is 2.64. The molecule has 43 heavy (non-hydrogen) atoms. The monoisotopic (exact) mass is 590 g/mol. The standard InChI is InChI=1S/C32H38N4O7/c1-31(2,3)14-34-13-16-11-17(20-8-6-7-9-35-20)18-10-15-12-19-24(36(4)5)27(39)23(30(33)42)29(41)32(19,43)28(40)21(15)26(38)22(18)25(16)37/h6-9,11,15,19,24,34,37-38,41,43H,10,12-14H2,1-5H3,(H2,33,42)/t15-,19-,24+,32?/m0/s1. The molecule has 7 N–H and O–H groups in total. The summed E-state index contributed by atoms with van der Waals surface area (Å²) in [7, 11) is 3.14. The van der Waals surface area contributed by atoms with Gasteiger partial charge in [-0.2, -0.15) is 0 Å². The topological polar surface area (TPSA) is 186 Å². The number of hydrogen-bond donors (Lipinski definition) is 6. The van der Waals surface area contributed by atoms with Gasteiger partial charge in [-0.05, 0) is 62.0 Å². The quantitative estimate of drug-likeness (QED) is 0.272. The van der Waals surface area contributed by atoms with Crippen molar-refractivity contribution in [1.29, 1.82) is 0 Å². The van der Waals surface area contributed by atoms with Gasteiger partial charge in [0.15, 0.2) is 11.4 Å². The van der Waals surface area contributed by atoms with Crippen molar-refractivity contribution in [3.8, 4) is 17.0 Å². The van der Waals surface area contributed by atoms with Gasteiger partial charge in [-0.1, -0.05) is 26.8 Å². The number of carbonyl (C=O) groups excluding carboxylic acids is 3. The van der Waals surface area contributed by atoms with E-state index >= 15 is 0 Å². The van der Waals surface area contributed by atoms with E-state index in [0.29, 0.717) is 28.9 Å². The number of rotatable bonds is 6. The molecule has 0 radical (unpaired) electrons. The minimum Gasteiger partial charge on any atom is -0.508 e. The van der Waals surface area contributed by atoms with Gasteiger partial charge in [0.05, 0.1) is 17.3 Å². The molecule has 1 amide bonds. The average Bonchev–Trinajstić information content (AvgIpc) is 2.91. The molecular weight excluding hydrogens is 552 g/mol. The molecule has 0 aliphatic heterocycles. The molecule has 11 heteroatoms. The Bertz CT molecular complexity index is 1590. The number of nitrogens with one attached hydrogen (secondary N) is 1. The van der Waals surface area contributed by atoms with Gasteiger partial charge >= 0.3 is 0 Å². The lowest BCUT2D eigenvalue weighted by atomic mass is 9.57. The van der Waals surface area contributed by atoms with Crippen molar-refractivity contribution in [2.24, 2.45) is 23.0 Å². The first kappa shape index (κ1) is 30.4. The van der Waals surface area contributed by atoms with Crippen molar-refractivity contribution in [2.75, 3.05) is 20.6 Å². The maximum Gasteiger partial charge on any atom is 0.255 e. The molecule has 1 fully saturated rings. The van der Waals surface area contributed by atoms with Crippen molar-refractivity contribution in [3.63, 3.8) is 0 Å². The van der Waals surface area contributed by atoms with Gasteiger partial charge in [0.25, 0.3) is 5.91 Å². The summed E-state index contributed by atoms with van der Waals surface area (Å²) in [6.07, 6.45) is 1.84. The summed E-state index contributed by atoms with van der Waals surface area (Å²) in [4.78, 5) is 45.7. The van der Waals surface area contributed by atoms with E-state index in [1.165, 1.54) is 4.90 Å². The zero-order valence-electron chi connectivity index (χ0n) is 24.9. The van der Waals surface area contributed by atoms with Crippen LogP contribution in [0.1, 0.15) is 43.9 Å². The van der Waals surface area contributed by atoms with Crippen molar-refractivity contribution < 1.29 is 34.8 Å². The van der Waals surface area contributed by atoms with Crippen LogP contribution >= 0.6 is 0 Å². The van der Waals surface area contributed by atoms with Crippen LogP contribution in [0.3, 0.4) is 0 Å². The lowest BCUT2D eigenvalue weighted by Gasteiger charge is -2.50. The minimum absolute atomic E-state index is 0.0169. The summed E-state index contributed by atoms with van der Waals surface area (Å²) in [5.74, 6) is -6.76. The van der Waals surface area contributed by atoms with E-state index in [1.807, 2.05) is 18.2 Å². The lowest BCUT2D eigenvalue weighted by Crippen LogP contribution is -2.65. The number of aliphatic hydroxyl groups is 3. The number of nitrogens with zero attached hydrogens (tertiary/aromatic N) is 2. The number of aromatic hydroxyl groups is 1. The van der Waals surface area contributed by atoms with Crippen molar-refractivity contribution in [1.82, 2.24) is 15.2 Å². The zero-order chi connectivity index (χ0) is 31.6. The number of phenolic OH excluding ortho intramolecular Hbond substituents is 1. The van der Waals surface area contributed by atoms with Crippen LogP contribution in [-0.2, 0) is 27.3 Å². The van der Waals surface area contributed by atoms with E-state index in [0.717, 1.165) is 0 Å². The Morgan fingerprint density at radius 1 is 1.19 bits per heavy atom. The number of benzene rings is 1. The summed E-state index contributed by atoms with van der Waals surface area (Å²) in [5.41, 5.74) is 4.04. The Morgan fingerprint density at radius 3 is 2.47 bits per heavy atom. The molecule has 0 spiro atoms. The summed E-state index contributed by atoms with van der Waals surface area (Å²) in [5, 5.41) is 49.5. The third-order valence-corrected chi connectivity index (χ3v) is 8.71. The van der Waals surface area contributed by atoms with Gasteiger partial charge in [-0.3, -0.25) is 24.3 Å². The molecule has 5 rings (SSSR count). The third kappa shape index (κ3) is 4.81. The fourth-order valence-corrected chi connectivity index (χ4v) is 6.82. The predicted octanol–water partition coefficient (Wildman–Crippen LogP) is 2.16. The molecule has 1 saturated carbocycles. The summed E-state index contributed by atoms with van der Waals surface area (Å²) in [6.45, 7) is 7.12. The number of amides is 1. The van der Waals surface area contributed by atoms with Crippen LogP contribution in [0.4, 0.5) is 0 Å². The number of likely N-dealkylation sites (N-methyl/N-ethyl adjacent to an activating group) is 1. The van der Waals surface area contributed by atoms with E-state index in [1.54, 1.807) is 26.4 Å². The number of aromatic nitrogens is 1. The number of Topliss-reactive ketones (excluding diaryl/α,β-unsaturated/α-hetero) is 2. The smallest absolute Gasteiger partial charge is 0.255 e. The molecule has 0 bridgehead atoms. The summed E-state index contributed by atoms with van der Waals surface area (Å²) in [6, 6.07) is 6.10. The number of hydrogen-bond acceptors (Lipinski definition) is 10. The average molecular weight is 591 g/mol. The van der Waals surface area contributed by atoms with Gasteiger partial charge in [-0.25, -0.2) is 0 Å². The maximum atomic E-state index is 14.2. The molecular formula is C32H38N4O7. The Balaban J connectivity index is 1.72. The number of pyridine rings is 1. The molecule has 228 valence electrons. The number of phenols is 1. The number of nitrogens with two attached hydrogens (primary N) is 1. The number of aliphatic hydroxyl groups excluding tert-OH is 2. The molecule has 4 atom stereocenters. The van der Waals surface area contributed by atoms with Crippen LogP contribution in [0.2, 0.25) is 0 Å². The van der Waals surface area contributed by atoms with Gasteiger partial charge in [0, 0.05) is 41.9 Å². The lowest BCUT2D eigenvalue weighted by molar-refractivity contribution is -0.153. The minimum atomic E-state index is -2.68. The van der Waals surface area contributed by atoms with Crippen molar-refractivity contribution in [2.45, 2.75) is 51.8 Å². The van der Waals surface area contributed by atoms with Crippen LogP contribution in [0, 0.1) is 17.3 Å². The van der Waals surface area contributed by atoms with Crippen LogP contribution in [-0.4, -0.2) is 80.1 Å². The van der Waals surface area contributed by atoms with E-state index < -0.39 is 58.0 Å².